The zero-order chi connectivity index (χ0) is 12.3. The Hall–Kier alpha value is -0.560. The smallest absolute Gasteiger partial charge is 0.275 e. The Bertz CT molecular complexity index is 394. The molecule has 0 radical (unpaired) electrons. The van der Waals surface area contributed by atoms with Crippen LogP contribution in [0, 0.1) is 0 Å². The highest BCUT2D eigenvalue weighted by molar-refractivity contribution is 7.99. The third-order valence-electron chi connectivity index (χ3n) is 2.88. The standard InChI is InChI=1S/C11H17N3OS2/c1-8-7-16-5-4-14(8)6-9-2-3-10(17-9)11(15)13-12/h2-3,8H,4-7,12H2,1H3,(H,13,15). The Kier molecular flexibility index (Phi) is 4.44. The number of nitrogens with zero attached hydrogens (tertiary/aromatic N) is 1. The number of nitrogens with two attached hydrogens (primary N) is 1. The van der Waals surface area contributed by atoms with E-state index in [-0.39, 0.29) is 5.91 Å². The zero-order valence-corrected chi connectivity index (χ0v) is 11.4. The molecule has 1 aromatic rings. The fourth-order valence-corrected chi connectivity index (χ4v) is 3.87. The maximum atomic E-state index is 11.3. The number of amides is 1. The monoisotopic (exact) mass is 271 g/mol. The summed E-state index contributed by atoms with van der Waals surface area (Å²) in [7, 11) is 0. The van der Waals surface area contributed by atoms with Gasteiger partial charge in [0, 0.05) is 35.5 Å². The average Bonchev–Trinajstić information content (AvgIpc) is 2.80. The SMILES string of the molecule is CC1CSCCN1Cc1ccc(C(=O)NN)s1. The molecule has 1 saturated heterocycles. The molecule has 0 bridgehead atoms. The van der Waals surface area contributed by atoms with Crippen molar-refractivity contribution in [3.8, 4) is 0 Å². The third-order valence-corrected chi connectivity index (χ3v) is 5.14. The van der Waals surface area contributed by atoms with Crippen molar-refractivity contribution >= 4 is 29.0 Å². The topological polar surface area (TPSA) is 58.4 Å². The van der Waals surface area contributed by atoms with Crippen molar-refractivity contribution in [1.82, 2.24) is 10.3 Å². The second kappa shape index (κ2) is 5.86. The van der Waals surface area contributed by atoms with E-state index in [0.29, 0.717) is 10.9 Å². The molecule has 1 unspecified atom stereocenters. The van der Waals surface area contributed by atoms with Crippen LogP contribution in [0.5, 0.6) is 0 Å². The molecule has 0 spiro atoms. The fraction of sp³-hybridized carbons (Fsp3) is 0.545. The first kappa shape index (κ1) is 12.9. The van der Waals surface area contributed by atoms with Crippen LogP contribution >= 0.6 is 23.1 Å². The summed E-state index contributed by atoms with van der Waals surface area (Å²) in [6, 6.07) is 4.47. The second-order valence-corrected chi connectivity index (χ2v) is 6.45. The van der Waals surface area contributed by atoms with Gasteiger partial charge >= 0.3 is 0 Å². The first-order valence-electron chi connectivity index (χ1n) is 5.62. The van der Waals surface area contributed by atoms with E-state index in [0.717, 1.165) is 13.1 Å². The molecular formula is C11H17N3OS2. The Morgan fingerprint density at radius 2 is 2.47 bits per heavy atom. The van der Waals surface area contributed by atoms with Crippen molar-refractivity contribution in [2.45, 2.75) is 19.5 Å². The number of carbonyl (C=O) groups excluding carboxylic acids is 1. The van der Waals surface area contributed by atoms with Crippen LogP contribution in [0.2, 0.25) is 0 Å². The number of rotatable bonds is 3. The molecule has 1 aromatic heterocycles. The maximum absolute atomic E-state index is 11.3. The molecule has 94 valence electrons. The van der Waals surface area contributed by atoms with E-state index in [4.69, 9.17) is 5.84 Å². The quantitative estimate of drug-likeness (QED) is 0.494. The van der Waals surface area contributed by atoms with Gasteiger partial charge in [0.1, 0.15) is 0 Å². The average molecular weight is 271 g/mol. The summed E-state index contributed by atoms with van der Waals surface area (Å²) in [6.07, 6.45) is 0. The van der Waals surface area contributed by atoms with Crippen LogP contribution in [-0.2, 0) is 6.54 Å². The predicted molar refractivity (Wildman–Crippen MR) is 73.2 cm³/mol. The number of thiophene rings is 1. The molecule has 1 amide bonds. The summed E-state index contributed by atoms with van der Waals surface area (Å²) in [6.45, 7) is 4.32. The van der Waals surface area contributed by atoms with Gasteiger partial charge in [-0.1, -0.05) is 0 Å². The van der Waals surface area contributed by atoms with Gasteiger partial charge in [0.25, 0.3) is 5.91 Å². The summed E-state index contributed by atoms with van der Waals surface area (Å²) in [5.74, 6) is 7.30. The lowest BCUT2D eigenvalue weighted by molar-refractivity contribution is 0.0957. The van der Waals surface area contributed by atoms with Gasteiger partial charge in [0.05, 0.1) is 4.88 Å². The highest BCUT2D eigenvalue weighted by atomic mass is 32.2. The summed E-state index contributed by atoms with van der Waals surface area (Å²) < 4.78 is 0. The molecule has 0 saturated carbocycles. The molecule has 1 aliphatic rings. The van der Waals surface area contributed by atoms with Gasteiger partial charge in [-0.15, -0.1) is 11.3 Å². The summed E-state index contributed by atoms with van der Waals surface area (Å²) in [5.41, 5.74) is 2.16. The lowest BCUT2D eigenvalue weighted by atomic mass is 10.3. The molecule has 4 nitrogen and oxygen atoms in total. The Balaban J connectivity index is 1.98. The van der Waals surface area contributed by atoms with Crippen LogP contribution in [0.15, 0.2) is 12.1 Å². The molecule has 2 rings (SSSR count). The van der Waals surface area contributed by atoms with Gasteiger partial charge in [-0.2, -0.15) is 11.8 Å². The van der Waals surface area contributed by atoms with Crippen LogP contribution in [0.1, 0.15) is 21.5 Å². The van der Waals surface area contributed by atoms with Gasteiger partial charge in [0.15, 0.2) is 0 Å². The number of hydrazine groups is 1. The molecule has 1 atom stereocenters. The van der Waals surface area contributed by atoms with Gasteiger partial charge in [-0.25, -0.2) is 5.84 Å². The number of hydrogen-bond acceptors (Lipinski definition) is 5. The predicted octanol–water partition coefficient (Wildman–Crippen LogP) is 1.29. The van der Waals surface area contributed by atoms with E-state index in [1.54, 1.807) is 0 Å². The van der Waals surface area contributed by atoms with Crippen molar-refractivity contribution in [2.24, 2.45) is 5.84 Å². The normalized spacial score (nSPS) is 21.4. The lowest BCUT2D eigenvalue weighted by Gasteiger charge is -2.32. The number of thioether (sulfide) groups is 1. The summed E-state index contributed by atoms with van der Waals surface area (Å²) >= 11 is 3.53. The van der Waals surface area contributed by atoms with E-state index >= 15 is 0 Å². The molecule has 0 aliphatic carbocycles. The Morgan fingerprint density at radius 3 is 3.18 bits per heavy atom. The Morgan fingerprint density at radius 1 is 1.65 bits per heavy atom. The van der Waals surface area contributed by atoms with Crippen LogP contribution in [-0.4, -0.2) is 34.9 Å². The molecule has 3 N–H and O–H groups in total. The second-order valence-electron chi connectivity index (χ2n) is 4.13. The number of nitrogens with one attached hydrogen (secondary N) is 1. The van der Waals surface area contributed by atoms with E-state index in [1.165, 1.54) is 27.7 Å². The molecular weight excluding hydrogens is 254 g/mol. The molecule has 0 aromatic carbocycles. The van der Waals surface area contributed by atoms with Crippen LogP contribution < -0.4 is 11.3 Å². The van der Waals surface area contributed by atoms with E-state index in [2.05, 4.69) is 17.2 Å². The highest BCUT2D eigenvalue weighted by Gasteiger charge is 2.19. The molecule has 2 heterocycles. The molecule has 1 fully saturated rings. The minimum absolute atomic E-state index is 0.205. The highest BCUT2D eigenvalue weighted by Crippen LogP contribution is 2.22. The summed E-state index contributed by atoms with van der Waals surface area (Å²) in [5, 5.41) is 0. The molecule has 17 heavy (non-hydrogen) atoms. The minimum atomic E-state index is -0.205. The molecule has 6 heteroatoms. The Labute approximate surface area is 110 Å². The fourth-order valence-electron chi connectivity index (χ4n) is 1.85. The van der Waals surface area contributed by atoms with Crippen molar-refractivity contribution in [1.29, 1.82) is 0 Å². The van der Waals surface area contributed by atoms with Gasteiger partial charge in [0.2, 0.25) is 0 Å². The third kappa shape index (κ3) is 3.22. The van der Waals surface area contributed by atoms with Crippen LogP contribution in [0.4, 0.5) is 0 Å². The van der Waals surface area contributed by atoms with Gasteiger partial charge < -0.3 is 0 Å². The first-order valence-corrected chi connectivity index (χ1v) is 7.59. The van der Waals surface area contributed by atoms with Gasteiger partial charge in [-0.3, -0.25) is 15.1 Å². The number of hydrogen-bond donors (Lipinski definition) is 2. The first-order chi connectivity index (χ1) is 8.20. The largest absolute Gasteiger partial charge is 0.294 e. The maximum Gasteiger partial charge on any atom is 0.275 e. The van der Waals surface area contributed by atoms with E-state index < -0.39 is 0 Å². The lowest BCUT2D eigenvalue weighted by Crippen LogP contribution is -2.39. The van der Waals surface area contributed by atoms with Crippen LogP contribution in [0.3, 0.4) is 0 Å². The van der Waals surface area contributed by atoms with E-state index in [1.807, 2.05) is 23.9 Å². The summed E-state index contributed by atoms with van der Waals surface area (Å²) in [4.78, 5) is 15.7. The molecule has 1 aliphatic heterocycles. The number of carbonyl (C=O) groups is 1. The van der Waals surface area contributed by atoms with Crippen molar-refractivity contribution in [3.63, 3.8) is 0 Å². The zero-order valence-electron chi connectivity index (χ0n) is 9.81. The minimum Gasteiger partial charge on any atom is -0.294 e. The van der Waals surface area contributed by atoms with Crippen molar-refractivity contribution in [3.05, 3.63) is 21.9 Å². The van der Waals surface area contributed by atoms with Crippen molar-refractivity contribution in [2.75, 3.05) is 18.1 Å². The van der Waals surface area contributed by atoms with Gasteiger partial charge in [-0.05, 0) is 19.1 Å². The van der Waals surface area contributed by atoms with E-state index in [9.17, 15) is 4.79 Å². The van der Waals surface area contributed by atoms with Crippen molar-refractivity contribution < 1.29 is 4.79 Å². The van der Waals surface area contributed by atoms with Crippen LogP contribution in [0.25, 0.3) is 0 Å². The number of nitrogen functional groups attached to an aromatic ring is 1.